The summed E-state index contributed by atoms with van der Waals surface area (Å²) in [6, 6.07) is 13.9. The average Bonchev–Trinajstić information content (AvgIpc) is 3.27. The van der Waals surface area contributed by atoms with Gasteiger partial charge in [0.05, 0.1) is 5.75 Å². The Morgan fingerprint density at radius 1 is 1.13 bits per heavy atom. The van der Waals surface area contributed by atoms with Crippen LogP contribution in [0.5, 0.6) is 0 Å². The number of hydrogen-bond acceptors (Lipinski definition) is 3. The highest BCUT2D eigenvalue weighted by molar-refractivity contribution is 7.99. The molecule has 1 atom stereocenters. The Hall–Kier alpha value is -2.34. The Morgan fingerprint density at radius 2 is 1.81 bits per heavy atom. The van der Waals surface area contributed by atoms with Gasteiger partial charge in [0.15, 0.2) is 0 Å². The highest BCUT2D eigenvalue weighted by atomic mass is 32.2. The topological polar surface area (TPSA) is 49.4 Å². The molecule has 0 heterocycles. The molecule has 166 valence electrons. The van der Waals surface area contributed by atoms with Gasteiger partial charge < -0.3 is 10.2 Å². The minimum Gasteiger partial charge on any atom is -0.352 e. The van der Waals surface area contributed by atoms with E-state index in [4.69, 9.17) is 0 Å². The molecular weight excluding hydrogens is 411 g/mol. The molecule has 1 N–H and O–H groups in total. The lowest BCUT2D eigenvalue weighted by atomic mass is 10.1. The van der Waals surface area contributed by atoms with Gasteiger partial charge in [-0.15, -0.1) is 11.8 Å². The third-order valence-electron chi connectivity index (χ3n) is 5.88. The molecule has 1 aliphatic carbocycles. The molecule has 2 amide bonds. The van der Waals surface area contributed by atoms with Crippen LogP contribution in [0.3, 0.4) is 0 Å². The molecule has 0 bridgehead atoms. The molecule has 3 rings (SSSR count). The molecule has 0 spiro atoms. The second-order valence-electron chi connectivity index (χ2n) is 8.23. The first-order chi connectivity index (χ1) is 14.9. The van der Waals surface area contributed by atoms with Gasteiger partial charge in [0, 0.05) is 18.3 Å². The van der Waals surface area contributed by atoms with Crippen molar-refractivity contribution in [3.63, 3.8) is 0 Å². The average molecular weight is 443 g/mol. The Balaban J connectivity index is 1.66. The van der Waals surface area contributed by atoms with E-state index in [1.807, 2.05) is 38.1 Å². The molecule has 2 aromatic rings. The molecule has 0 saturated heterocycles. The maximum absolute atomic E-state index is 13.2. The van der Waals surface area contributed by atoms with E-state index < -0.39 is 6.04 Å². The van der Waals surface area contributed by atoms with Crippen LogP contribution in [-0.4, -0.2) is 34.6 Å². The number of carbonyl (C=O) groups is 2. The number of carbonyl (C=O) groups excluding carboxylic acids is 2. The van der Waals surface area contributed by atoms with Crippen molar-refractivity contribution in [1.29, 1.82) is 0 Å². The van der Waals surface area contributed by atoms with Crippen LogP contribution in [0.15, 0.2) is 48.5 Å². The van der Waals surface area contributed by atoms with Crippen molar-refractivity contribution in [2.24, 2.45) is 0 Å². The van der Waals surface area contributed by atoms with Gasteiger partial charge in [-0.05, 0) is 55.5 Å². The van der Waals surface area contributed by atoms with Crippen LogP contribution in [0.2, 0.25) is 0 Å². The fraction of sp³-hybridized carbons (Fsp3) is 0.440. The molecule has 2 aromatic carbocycles. The first kappa shape index (κ1) is 23.3. The van der Waals surface area contributed by atoms with Crippen LogP contribution < -0.4 is 5.32 Å². The minimum atomic E-state index is -0.542. The number of aryl methyl sites for hydroxylation is 1. The number of thioether (sulfide) groups is 1. The van der Waals surface area contributed by atoms with Crippen molar-refractivity contribution in [3.8, 4) is 0 Å². The summed E-state index contributed by atoms with van der Waals surface area (Å²) in [7, 11) is 0. The van der Waals surface area contributed by atoms with Gasteiger partial charge in [-0.3, -0.25) is 9.59 Å². The second-order valence-corrected chi connectivity index (χ2v) is 9.22. The largest absolute Gasteiger partial charge is 0.352 e. The van der Waals surface area contributed by atoms with Crippen LogP contribution in [0.1, 0.15) is 49.3 Å². The van der Waals surface area contributed by atoms with Gasteiger partial charge in [0.2, 0.25) is 11.8 Å². The highest BCUT2D eigenvalue weighted by Crippen LogP contribution is 2.20. The lowest BCUT2D eigenvalue weighted by Gasteiger charge is -2.30. The zero-order valence-electron chi connectivity index (χ0n) is 18.3. The molecule has 0 aliphatic heterocycles. The van der Waals surface area contributed by atoms with Crippen molar-refractivity contribution in [3.05, 3.63) is 71.0 Å². The standard InChI is InChI=1S/C25H31FN2O2S/c1-18-7-3-4-8-21(18)15-28(19(2)25(30)27-23-9-5-6-10-23)24(29)17-31-16-20-11-13-22(26)14-12-20/h3-4,7-8,11-14,19,23H,5-6,9-10,15-17H2,1-2H3,(H,27,30). The smallest absolute Gasteiger partial charge is 0.242 e. The Bertz CT molecular complexity index is 881. The second kappa shape index (κ2) is 11.3. The third kappa shape index (κ3) is 6.82. The number of hydrogen-bond donors (Lipinski definition) is 1. The summed E-state index contributed by atoms with van der Waals surface area (Å²) in [4.78, 5) is 27.7. The molecule has 4 nitrogen and oxygen atoms in total. The van der Waals surface area contributed by atoms with Crippen LogP contribution in [0.25, 0.3) is 0 Å². The van der Waals surface area contributed by atoms with E-state index in [9.17, 15) is 14.0 Å². The van der Waals surface area contributed by atoms with Crippen LogP contribution >= 0.6 is 11.8 Å². The summed E-state index contributed by atoms with van der Waals surface area (Å²) in [6.45, 7) is 4.23. The van der Waals surface area contributed by atoms with E-state index in [0.717, 1.165) is 42.4 Å². The SMILES string of the molecule is Cc1ccccc1CN(C(=O)CSCc1ccc(F)cc1)C(C)C(=O)NC1CCCC1. The first-order valence-electron chi connectivity index (χ1n) is 10.9. The monoisotopic (exact) mass is 442 g/mol. The fourth-order valence-corrected chi connectivity index (χ4v) is 4.74. The molecule has 1 fully saturated rings. The van der Waals surface area contributed by atoms with E-state index >= 15 is 0 Å². The van der Waals surface area contributed by atoms with E-state index in [1.165, 1.54) is 23.9 Å². The zero-order valence-corrected chi connectivity index (χ0v) is 19.1. The number of amides is 2. The van der Waals surface area contributed by atoms with Gasteiger partial charge >= 0.3 is 0 Å². The van der Waals surface area contributed by atoms with E-state index in [1.54, 1.807) is 17.0 Å². The lowest BCUT2D eigenvalue weighted by Crippen LogP contribution is -2.50. The Labute approximate surface area is 188 Å². The molecular formula is C25H31FN2O2S. The molecule has 1 unspecified atom stereocenters. The van der Waals surface area contributed by atoms with Crippen molar-refractivity contribution in [1.82, 2.24) is 10.2 Å². The maximum atomic E-state index is 13.2. The maximum Gasteiger partial charge on any atom is 0.242 e. The van der Waals surface area contributed by atoms with Crippen molar-refractivity contribution in [2.45, 2.75) is 63.9 Å². The normalized spacial score (nSPS) is 14.9. The fourth-order valence-electron chi connectivity index (χ4n) is 3.87. The molecule has 1 aliphatic rings. The summed E-state index contributed by atoms with van der Waals surface area (Å²) in [5.74, 6) is 0.468. The molecule has 0 radical (unpaired) electrons. The van der Waals surface area contributed by atoms with Crippen molar-refractivity contribution < 1.29 is 14.0 Å². The molecule has 0 aromatic heterocycles. The van der Waals surface area contributed by atoms with E-state index in [-0.39, 0.29) is 29.4 Å². The Kier molecular flexibility index (Phi) is 8.52. The van der Waals surface area contributed by atoms with E-state index in [0.29, 0.717) is 12.3 Å². The van der Waals surface area contributed by atoms with Gasteiger partial charge in [0.1, 0.15) is 11.9 Å². The minimum absolute atomic E-state index is 0.0653. The predicted octanol–water partition coefficient (Wildman–Crippen LogP) is 4.84. The predicted molar refractivity (Wildman–Crippen MR) is 124 cm³/mol. The van der Waals surface area contributed by atoms with Crippen LogP contribution in [0, 0.1) is 12.7 Å². The third-order valence-corrected chi connectivity index (χ3v) is 6.87. The highest BCUT2D eigenvalue weighted by Gasteiger charge is 2.28. The van der Waals surface area contributed by atoms with Gasteiger partial charge in [-0.25, -0.2) is 4.39 Å². The number of rotatable bonds is 9. The number of nitrogens with one attached hydrogen (secondary N) is 1. The van der Waals surface area contributed by atoms with Crippen molar-refractivity contribution in [2.75, 3.05) is 5.75 Å². The van der Waals surface area contributed by atoms with Crippen molar-refractivity contribution >= 4 is 23.6 Å². The summed E-state index contributed by atoms with van der Waals surface area (Å²) in [5.41, 5.74) is 3.11. The summed E-state index contributed by atoms with van der Waals surface area (Å²) in [5, 5.41) is 3.13. The van der Waals surface area contributed by atoms with Gasteiger partial charge in [-0.2, -0.15) is 0 Å². The lowest BCUT2D eigenvalue weighted by molar-refractivity contribution is -0.139. The summed E-state index contributed by atoms with van der Waals surface area (Å²) in [6.07, 6.45) is 4.31. The quantitative estimate of drug-likeness (QED) is 0.604. The van der Waals surface area contributed by atoms with Gasteiger partial charge in [0.25, 0.3) is 0 Å². The molecule has 1 saturated carbocycles. The van der Waals surface area contributed by atoms with Crippen LogP contribution in [0.4, 0.5) is 4.39 Å². The Morgan fingerprint density at radius 3 is 2.48 bits per heavy atom. The number of halogens is 1. The zero-order chi connectivity index (χ0) is 22.2. The number of benzene rings is 2. The van der Waals surface area contributed by atoms with Crippen LogP contribution in [-0.2, 0) is 21.9 Å². The number of nitrogens with zero attached hydrogens (tertiary/aromatic N) is 1. The molecule has 31 heavy (non-hydrogen) atoms. The summed E-state index contributed by atoms with van der Waals surface area (Å²) >= 11 is 1.48. The van der Waals surface area contributed by atoms with Gasteiger partial charge in [-0.1, -0.05) is 49.2 Å². The first-order valence-corrected chi connectivity index (χ1v) is 12.1. The van der Waals surface area contributed by atoms with E-state index in [2.05, 4.69) is 5.32 Å². The summed E-state index contributed by atoms with van der Waals surface area (Å²) < 4.78 is 13.1. The molecule has 6 heteroatoms.